The molecule has 3 rings (SSSR count). The van der Waals surface area contributed by atoms with Crippen LogP contribution in [0.4, 0.5) is 5.69 Å². The van der Waals surface area contributed by atoms with Crippen LogP contribution < -0.4 is 15.0 Å². The van der Waals surface area contributed by atoms with Gasteiger partial charge in [0, 0.05) is 36.8 Å². The number of piperidine rings is 1. The maximum absolute atomic E-state index is 12.1. The predicted octanol–water partition coefficient (Wildman–Crippen LogP) is 2.44. The van der Waals surface area contributed by atoms with Crippen molar-refractivity contribution in [2.24, 2.45) is 11.8 Å². The smallest absolute Gasteiger partial charge is 0.223 e. The Labute approximate surface area is 126 Å². The molecule has 0 spiro atoms. The van der Waals surface area contributed by atoms with E-state index in [-0.39, 0.29) is 17.9 Å². The number of carbonyl (C=O) groups excluding carboxylic acids is 1. The van der Waals surface area contributed by atoms with Crippen LogP contribution in [-0.2, 0) is 4.79 Å². The van der Waals surface area contributed by atoms with Crippen LogP contribution in [-0.4, -0.2) is 32.1 Å². The van der Waals surface area contributed by atoms with Crippen LogP contribution in [0.1, 0.15) is 26.2 Å². The molecule has 1 N–H and O–H groups in total. The van der Waals surface area contributed by atoms with Crippen LogP contribution in [0.2, 0.25) is 0 Å². The van der Waals surface area contributed by atoms with Crippen LogP contribution >= 0.6 is 0 Å². The van der Waals surface area contributed by atoms with Crippen molar-refractivity contribution in [2.45, 2.75) is 32.2 Å². The number of hydrogen-bond acceptors (Lipinski definition) is 3. The van der Waals surface area contributed by atoms with Crippen molar-refractivity contribution >= 4 is 11.6 Å². The van der Waals surface area contributed by atoms with Crippen molar-refractivity contribution in [1.29, 1.82) is 0 Å². The minimum Gasteiger partial charge on any atom is -0.497 e. The lowest BCUT2D eigenvalue weighted by atomic mass is 10.0. The minimum absolute atomic E-state index is 0.250. The molecule has 0 aromatic heterocycles. The summed E-state index contributed by atoms with van der Waals surface area (Å²) in [6.45, 7) is 4.08. The van der Waals surface area contributed by atoms with E-state index in [0.29, 0.717) is 5.92 Å². The Kier molecular flexibility index (Phi) is 4.04. The molecule has 1 amide bonds. The van der Waals surface area contributed by atoms with Crippen molar-refractivity contribution in [2.75, 3.05) is 25.1 Å². The molecule has 4 heteroatoms. The number of ether oxygens (including phenoxy) is 1. The maximum atomic E-state index is 12.1. The van der Waals surface area contributed by atoms with Gasteiger partial charge in [0.05, 0.1) is 7.11 Å². The molecule has 1 heterocycles. The Balaban J connectivity index is 1.61. The van der Waals surface area contributed by atoms with Gasteiger partial charge in [0.2, 0.25) is 5.91 Å². The van der Waals surface area contributed by atoms with E-state index in [2.05, 4.69) is 29.3 Å². The number of rotatable bonds is 4. The summed E-state index contributed by atoms with van der Waals surface area (Å²) in [5.41, 5.74) is 1.17. The summed E-state index contributed by atoms with van der Waals surface area (Å²) in [5, 5.41) is 3.23. The quantitative estimate of drug-likeness (QED) is 0.925. The summed E-state index contributed by atoms with van der Waals surface area (Å²) in [4.78, 5) is 14.4. The molecule has 114 valence electrons. The molecular formula is C17H24N2O2. The molecule has 2 aliphatic rings. The van der Waals surface area contributed by atoms with E-state index in [0.717, 1.165) is 38.1 Å². The Hall–Kier alpha value is -1.71. The molecule has 0 radical (unpaired) electrons. The van der Waals surface area contributed by atoms with Gasteiger partial charge in [0.25, 0.3) is 0 Å². The van der Waals surface area contributed by atoms with E-state index in [9.17, 15) is 4.79 Å². The number of carbonyl (C=O) groups is 1. The highest BCUT2D eigenvalue weighted by molar-refractivity contribution is 5.81. The van der Waals surface area contributed by atoms with Gasteiger partial charge in [-0.25, -0.2) is 0 Å². The maximum Gasteiger partial charge on any atom is 0.223 e. The third kappa shape index (κ3) is 3.31. The molecule has 0 unspecified atom stereocenters. The average molecular weight is 288 g/mol. The van der Waals surface area contributed by atoms with Gasteiger partial charge in [-0.1, -0.05) is 13.0 Å². The van der Waals surface area contributed by atoms with E-state index in [1.54, 1.807) is 7.11 Å². The summed E-state index contributed by atoms with van der Waals surface area (Å²) in [7, 11) is 1.69. The third-order valence-electron chi connectivity index (χ3n) is 4.63. The monoisotopic (exact) mass is 288 g/mol. The number of benzene rings is 1. The van der Waals surface area contributed by atoms with Crippen LogP contribution in [0.15, 0.2) is 24.3 Å². The molecule has 1 aliphatic heterocycles. The summed E-state index contributed by atoms with van der Waals surface area (Å²) >= 11 is 0. The first kappa shape index (κ1) is 14.2. The first-order valence-corrected chi connectivity index (χ1v) is 7.86. The van der Waals surface area contributed by atoms with Crippen LogP contribution in [0.5, 0.6) is 5.75 Å². The number of amides is 1. The Morgan fingerprint density at radius 2 is 2.24 bits per heavy atom. The fourth-order valence-corrected chi connectivity index (χ4v) is 3.13. The summed E-state index contributed by atoms with van der Waals surface area (Å²) in [5.74, 6) is 1.96. The predicted molar refractivity (Wildman–Crippen MR) is 83.6 cm³/mol. The minimum atomic E-state index is 0.250. The van der Waals surface area contributed by atoms with Crippen LogP contribution in [0.3, 0.4) is 0 Å². The van der Waals surface area contributed by atoms with Gasteiger partial charge in [-0.2, -0.15) is 0 Å². The number of nitrogens with zero attached hydrogens (tertiary/aromatic N) is 1. The van der Waals surface area contributed by atoms with E-state index < -0.39 is 0 Å². The average Bonchev–Trinajstić information content (AvgIpc) is 3.25. The Morgan fingerprint density at radius 1 is 1.43 bits per heavy atom. The lowest BCUT2D eigenvalue weighted by Crippen LogP contribution is -2.48. The van der Waals surface area contributed by atoms with Gasteiger partial charge < -0.3 is 15.0 Å². The zero-order valence-electron chi connectivity index (χ0n) is 12.8. The first-order chi connectivity index (χ1) is 10.2. The number of methoxy groups -OCH3 is 1. The Bertz CT molecular complexity index is 517. The second-order valence-corrected chi connectivity index (χ2v) is 6.31. The lowest BCUT2D eigenvalue weighted by Gasteiger charge is -2.35. The van der Waals surface area contributed by atoms with Gasteiger partial charge in [-0.05, 0) is 37.3 Å². The number of hydrogen-bond donors (Lipinski definition) is 1. The molecule has 3 atom stereocenters. The highest BCUT2D eigenvalue weighted by Crippen LogP contribution is 2.38. The van der Waals surface area contributed by atoms with Crippen LogP contribution in [0, 0.1) is 11.8 Å². The van der Waals surface area contributed by atoms with Gasteiger partial charge in [-0.15, -0.1) is 0 Å². The lowest BCUT2D eigenvalue weighted by molar-refractivity contribution is -0.123. The molecule has 1 saturated heterocycles. The van der Waals surface area contributed by atoms with E-state index in [1.165, 1.54) is 5.69 Å². The van der Waals surface area contributed by atoms with E-state index >= 15 is 0 Å². The topological polar surface area (TPSA) is 41.6 Å². The van der Waals surface area contributed by atoms with Crippen LogP contribution in [0.25, 0.3) is 0 Å². The van der Waals surface area contributed by atoms with Gasteiger partial charge >= 0.3 is 0 Å². The van der Waals surface area contributed by atoms with Crippen molar-refractivity contribution < 1.29 is 9.53 Å². The summed E-state index contributed by atoms with van der Waals surface area (Å²) in [6, 6.07) is 8.41. The molecule has 2 fully saturated rings. The summed E-state index contributed by atoms with van der Waals surface area (Å²) in [6.07, 6.45) is 3.24. The van der Waals surface area contributed by atoms with Gasteiger partial charge in [0.1, 0.15) is 5.75 Å². The third-order valence-corrected chi connectivity index (χ3v) is 4.63. The second-order valence-electron chi connectivity index (χ2n) is 6.31. The normalized spacial score (nSPS) is 28.1. The van der Waals surface area contributed by atoms with Gasteiger partial charge in [-0.3, -0.25) is 4.79 Å². The molecule has 1 saturated carbocycles. The fourth-order valence-electron chi connectivity index (χ4n) is 3.13. The number of nitrogens with one attached hydrogen (secondary N) is 1. The summed E-state index contributed by atoms with van der Waals surface area (Å²) < 4.78 is 5.29. The Morgan fingerprint density at radius 3 is 2.95 bits per heavy atom. The first-order valence-electron chi connectivity index (χ1n) is 7.86. The van der Waals surface area contributed by atoms with Crippen molar-refractivity contribution in [3.8, 4) is 5.75 Å². The standard InChI is InChI=1S/C17H24N2O2/c1-12-9-16(12)17(20)18-13-5-4-8-19(11-13)14-6-3-7-15(10-14)21-2/h3,6-7,10,12-13,16H,4-5,8-9,11H2,1-2H3,(H,18,20)/t12-,13+,16+/m1/s1. The molecule has 4 nitrogen and oxygen atoms in total. The molecular weight excluding hydrogens is 264 g/mol. The second kappa shape index (κ2) is 5.96. The zero-order chi connectivity index (χ0) is 14.8. The highest BCUT2D eigenvalue weighted by atomic mass is 16.5. The fraction of sp³-hybridized carbons (Fsp3) is 0.588. The highest BCUT2D eigenvalue weighted by Gasteiger charge is 2.40. The van der Waals surface area contributed by atoms with E-state index in [4.69, 9.17) is 4.74 Å². The molecule has 21 heavy (non-hydrogen) atoms. The van der Waals surface area contributed by atoms with Crippen molar-refractivity contribution in [3.63, 3.8) is 0 Å². The molecule has 1 aromatic rings. The van der Waals surface area contributed by atoms with E-state index in [1.807, 2.05) is 12.1 Å². The van der Waals surface area contributed by atoms with Gasteiger partial charge in [0.15, 0.2) is 0 Å². The zero-order valence-corrected chi connectivity index (χ0v) is 12.8. The number of anilines is 1. The van der Waals surface area contributed by atoms with Crippen molar-refractivity contribution in [1.82, 2.24) is 5.32 Å². The molecule has 1 aliphatic carbocycles. The molecule has 1 aromatic carbocycles. The van der Waals surface area contributed by atoms with Crippen molar-refractivity contribution in [3.05, 3.63) is 24.3 Å². The largest absolute Gasteiger partial charge is 0.497 e. The molecule has 0 bridgehead atoms. The SMILES string of the molecule is COc1cccc(N2CCC[C@H](NC(=O)[C@H]3C[C@H]3C)C2)c1.